The highest BCUT2D eigenvalue weighted by Gasteiger charge is 2.35. The molecule has 0 fully saturated rings. The van der Waals surface area contributed by atoms with Crippen molar-refractivity contribution in [2.75, 3.05) is 0 Å². The molecule has 1 atom stereocenters. The van der Waals surface area contributed by atoms with Crippen molar-refractivity contribution in [3.05, 3.63) is 48.0 Å². The Bertz CT molecular complexity index is 518. The van der Waals surface area contributed by atoms with Gasteiger partial charge in [0.15, 0.2) is 0 Å². The van der Waals surface area contributed by atoms with E-state index in [0.29, 0.717) is 6.42 Å². The lowest BCUT2D eigenvalue weighted by Gasteiger charge is -2.22. The van der Waals surface area contributed by atoms with Gasteiger partial charge >= 0.3 is 5.97 Å². The van der Waals surface area contributed by atoms with Gasteiger partial charge in [-0.3, -0.25) is 14.5 Å². The van der Waals surface area contributed by atoms with Gasteiger partial charge in [-0.1, -0.05) is 30.3 Å². The number of carboxylic acids is 1. The van der Waals surface area contributed by atoms with Crippen molar-refractivity contribution in [2.45, 2.75) is 18.9 Å². The van der Waals surface area contributed by atoms with E-state index in [1.807, 2.05) is 30.3 Å². The highest BCUT2D eigenvalue weighted by atomic mass is 16.4. The first-order valence-corrected chi connectivity index (χ1v) is 5.91. The van der Waals surface area contributed by atoms with Crippen LogP contribution in [0.15, 0.2) is 42.5 Å². The van der Waals surface area contributed by atoms with Crippen molar-refractivity contribution in [1.82, 2.24) is 4.90 Å². The number of nitrogens with zero attached hydrogens (tertiary/aromatic N) is 1. The summed E-state index contributed by atoms with van der Waals surface area (Å²) in [6.07, 6.45) is 2.90. The maximum atomic E-state index is 11.5. The number of aryl methyl sites for hydroxylation is 1. The van der Waals surface area contributed by atoms with Crippen LogP contribution in [0, 0.1) is 0 Å². The fourth-order valence-electron chi connectivity index (χ4n) is 2.03. The largest absolute Gasteiger partial charge is 0.480 e. The van der Waals surface area contributed by atoms with Crippen molar-refractivity contribution in [3.8, 4) is 0 Å². The van der Waals surface area contributed by atoms with E-state index >= 15 is 0 Å². The van der Waals surface area contributed by atoms with E-state index in [2.05, 4.69) is 0 Å². The molecular formula is C14H13NO4. The summed E-state index contributed by atoms with van der Waals surface area (Å²) in [5.74, 6) is -2.29. The normalized spacial score (nSPS) is 15.9. The van der Waals surface area contributed by atoms with E-state index in [-0.39, 0.29) is 6.42 Å². The van der Waals surface area contributed by atoms with Crippen LogP contribution in [0.2, 0.25) is 0 Å². The summed E-state index contributed by atoms with van der Waals surface area (Å²) >= 11 is 0. The van der Waals surface area contributed by atoms with Gasteiger partial charge in [-0.2, -0.15) is 0 Å². The SMILES string of the molecule is O=C(O)C(CCc1ccccc1)N1C(=O)C=CC1=O. The summed E-state index contributed by atoms with van der Waals surface area (Å²) in [5, 5.41) is 9.17. The summed E-state index contributed by atoms with van der Waals surface area (Å²) in [6, 6.07) is 8.23. The average molecular weight is 259 g/mol. The van der Waals surface area contributed by atoms with Gasteiger partial charge in [-0.05, 0) is 18.4 Å². The third-order valence-corrected chi connectivity index (χ3v) is 2.99. The van der Waals surface area contributed by atoms with Crippen LogP contribution >= 0.6 is 0 Å². The average Bonchev–Trinajstić information content (AvgIpc) is 2.72. The molecule has 2 rings (SSSR count). The molecule has 1 unspecified atom stereocenters. The Morgan fingerprint density at radius 2 is 1.68 bits per heavy atom. The van der Waals surface area contributed by atoms with E-state index in [1.165, 1.54) is 0 Å². The van der Waals surface area contributed by atoms with Crippen LogP contribution < -0.4 is 0 Å². The number of hydrogen-bond donors (Lipinski definition) is 1. The van der Waals surface area contributed by atoms with Crippen molar-refractivity contribution in [2.24, 2.45) is 0 Å². The molecule has 2 amide bonds. The maximum absolute atomic E-state index is 11.5. The lowest BCUT2D eigenvalue weighted by molar-refractivity contribution is -0.153. The molecule has 0 aliphatic carbocycles. The third kappa shape index (κ3) is 2.88. The van der Waals surface area contributed by atoms with Gasteiger partial charge in [0.25, 0.3) is 11.8 Å². The Morgan fingerprint density at radius 3 is 2.21 bits per heavy atom. The van der Waals surface area contributed by atoms with Crippen LogP contribution in [0.5, 0.6) is 0 Å². The first-order chi connectivity index (χ1) is 9.09. The molecule has 1 aliphatic rings. The minimum atomic E-state index is -1.17. The topological polar surface area (TPSA) is 74.7 Å². The Hall–Kier alpha value is -2.43. The molecule has 98 valence electrons. The second-order valence-electron chi connectivity index (χ2n) is 4.26. The number of aliphatic carboxylic acids is 1. The zero-order chi connectivity index (χ0) is 13.8. The van der Waals surface area contributed by atoms with Gasteiger partial charge in [-0.15, -0.1) is 0 Å². The Labute approximate surface area is 110 Å². The summed E-state index contributed by atoms with van der Waals surface area (Å²) in [6.45, 7) is 0. The smallest absolute Gasteiger partial charge is 0.326 e. The predicted octanol–water partition coefficient (Wildman–Crippen LogP) is 0.997. The standard InChI is InChI=1S/C14H13NO4/c16-12-8-9-13(17)15(12)11(14(18)19)7-6-10-4-2-1-3-5-10/h1-5,8-9,11H,6-7H2,(H,18,19). The van der Waals surface area contributed by atoms with Crippen LogP contribution in [0.25, 0.3) is 0 Å². The molecule has 0 saturated heterocycles. The fourth-order valence-corrected chi connectivity index (χ4v) is 2.03. The number of carboxylic acid groups (broad SMARTS) is 1. The number of rotatable bonds is 5. The van der Waals surface area contributed by atoms with Crippen molar-refractivity contribution >= 4 is 17.8 Å². The summed E-state index contributed by atoms with van der Waals surface area (Å²) < 4.78 is 0. The number of carbonyl (C=O) groups is 3. The van der Waals surface area contributed by atoms with Crippen LogP contribution in [0.4, 0.5) is 0 Å². The Balaban J connectivity index is 2.07. The van der Waals surface area contributed by atoms with Gasteiger partial charge in [0.2, 0.25) is 0 Å². The molecule has 5 nitrogen and oxygen atoms in total. The van der Waals surface area contributed by atoms with E-state index in [0.717, 1.165) is 22.6 Å². The molecule has 1 N–H and O–H groups in total. The van der Waals surface area contributed by atoms with Gasteiger partial charge in [-0.25, -0.2) is 4.79 Å². The molecule has 1 aromatic rings. The lowest BCUT2D eigenvalue weighted by atomic mass is 10.0. The minimum Gasteiger partial charge on any atom is -0.480 e. The molecule has 19 heavy (non-hydrogen) atoms. The molecule has 0 aromatic heterocycles. The second kappa shape index (κ2) is 5.48. The molecule has 1 aliphatic heterocycles. The number of hydrogen-bond acceptors (Lipinski definition) is 3. The van der Waals surface area contributed by atoms with Gasteiger partial charge in [0.05, 0.1) is 0 Å². The fraction of sp³-hybridized carbons (Fsp3) is 0.214. The summed E-state index contributed by atoms with van der Waals surface area (Å²) in [7, 11) is 0. The predicted molar refractivity (Wildman–Crippen MR) is 67.2 cm³/mol. The number of benzene rings is 1. The Kier molecular flexibility index (Phi) is 3.75. The number of carbonyl (C=O) groups excluding carboxylic acids is 2. The molecule has 0 radical (unpaired) electrons. The highest BCUT2D eigenvalue weighted by Crippen LogP contribution is 2.15. The zero-order valence-corrected chi connectivity index (χ0v) is 10.2. The van der Waals surface area contributed by atoms with Gasteiger partial charge in [0, 0.05) is 12.2 Å². The first-order valence-electron chi connectivity index (χ1n) is 5.91. The molecule has 1 heterocycles. The number of amides is 2. The summed E-state index contributed by atoms with van der Waals surface area (Å²) in [4.78, 5) is 35.0. The third-order valence-electron chi connectivity index (χ3n) is 2.99. The molecule has 0 saturated carbocycles. The maximum Gasteiger partial charge on any atom is 0.326 e. The van der Waals surface area contributed by atoms with Crippen LogP contribution in [0.1, 0.15) is 12.0 Å². The van der Waals surface area contributed by atoms with Crippen LogP contribution in [0.3, 0.4) is 0 Å². The van der Waals surface area contributed by atoms with Crippen molar-refractivity contribution < 1.29 is 19.5 Å². The molecular weight excluding hydrogens is 246 g/mol. The van der Waals surface area contributed by atoms with Crippen molar-refractivity contribution in [3.63, 3.8) is 0 Å². The minimum absolute atomic E-state index is 0.207. The van der Waals surface area contributed by atoms with Crippen LogP contribution in [-0.2, 0) is 20.8 Å². The van der Waals surface area contributed by atoms with E-state index in [9.17, 15) is 19.5 Å². The molecule has 1 aromatic carbocycles. The molecule has 0 spiro atoms. The zero-order valence-electron chi connectivity index (χ0n) is 10.2. The monoisotopic (exact) mass is 259 g/mol. The molecule has 5 heteroatoms. The molecule has 0 bridgehead atoms. The first kappa shape index (κ1) is 13.0. The number of imide groups is 1. The van der Waals surface area contributed by atoms with Crippen LogP contribution in [-0.4, -0.2) is 33.8 Å². The van der Waals surface area contributed by atoms with Crippen molar-refractivity contribution in [1.29, 1.82) is 0 Å². The second-order valence-corrected chi connectivity index (χ2v) is 4.26. The Morgan fingerprint density at radius 1 is 1.11 bits per heavy atom. The van der Waals surface area contributed by atoms with E-state index in [4.69, 9.17) is 0 Å². The van der Waals surface area contributed by atoms with E-state index < -0.39 is 23.8 Å². The highest BCUT2D eigenvalue weighted by molar-refractivity contribution is 6.14. The lowest BCUT2D eigenvalue weighted by Crippen LogP contribution is -2.45. The van der Waals surface area contributed by atoms with E-state index in [1.54, 1.807) is 0 Å². The van der Waals surface area contributed by atoms with Gasteiger partial charge < -0.3 is 5.11 Å². The quantitative estimate of drug-likeness (QED) is 0.800. The summed E-state index contributed by atoms with van der Waals surface area (Å²) in [5.41, 5.74) is 0.973. The van der Waals surface area contributed by atoms with Gasteiger partial charge in [0.1, 0.15) is 6.04 Å².